The van der Waals surface area contributed by atoms with Crippen molar-refractivity contribution in [1.29, 1.82) is 0 Å². The molecule has 0 unspecified atom stereocenters. The van der Waals surface area contributed by atoms with Crippen LogP contribution < -0.4 is 24.8 Å². The fourth-order valence-electron chi connectivity index (χ4n) is 3.10. The van der Waals surface area contributed by atoms with E-state index in [0.717, 1.165) is 0 Å². The van der Waals surface area contributed by atoms with Crippen LogP contribution >= 0.6 is 11.6 Å². The first-order valence-corrected chi connectivity index (χ1v) is 11.3. The molecule has 3 aromatic carbocycles. The van der Waals surface area contributed by atoms with Crippen molar-refractivity contribution >= 4 is 38.7 Å². The molecule has 32 heavy (non-hydrogen) atoms. The molecule has 1 aliphatic heterocycles. The molecule has 0 aliphatic carbocycles. The number of carbonyl (C=O) groups is 1. The van der Waals surface area contributed by atoms with Gasteiger partial charge in [-0.25, -0.2) is 8.42 Å². The lowest BCUT2D eigenvalue weighted by molar-refractivity contribution is -0.114. The molecule has 10 heteroatoms. The molecule has 2 N–H and O–H groups in total. The standard InChI is InChI=1S/C22H19ClN2O6S/c1-29-16-4-6-17(7-5-16)32(27,28)21-10-14(23)2-8-18(21)24-12-22(26)25-15-3-9-19-20(11-15)31-13-30-19/h2-11,24H,12-13H2,1H3,(H,25,26). The molecule has 0 saturated heterocycles. The number of fused-ring (bicyclic) bond motifs is 1. The van der Waals surface area contributed by atoms with Crippen molar-refractivity contribution in [2.45, 2.75) is 9.79 Å². The lowest BCUT2D eigenvalue weighted by Gasteiger charge is -2.14. The van der Waals surface area contributed by atoms with Gasteiger partial charge in [0.1, 0.15) is 5.75 Å². The predicted molar refractivity (Wildman–Crippen MR) is 120 cm³/mol. The summed E-state index contributed by atoms with van der Waals surface area (Å²) in [5.41, 5.74) is 0.786. The third-order valence-corrected chi connectivity index (χ3v) is 6.74. The summed E-state index contributed by atoms with van der Waals surface area (Å²) in [5.74, 6) is 1.32. The van der Waals surface area contributed by atoms with Crippen molar-refractivity contribution in [3.05, 3.63) is 65.7 Å². The molecule has 0 aromatic heterocycles. The predicted octanol–water partition coefficient (Wildman–Crippen LogP) is 3.96. The summed E-state index contributed by atoms with van der Waals surface area (Å²) in [7, 11) is -2.40. The first kappa shape index (κ1) is 21.8. The smallest absolute Gasteiger partial charge is 0.243 e. The number of benzene rings is 3. The van der Waals surface area contributed by atoms with Gasteiger partial charge in [-0.3, -0.25) is 4.79 Å². The van der Waals surface area contributed by atoms with Gasteiger partial charge in [-0.05, 0) is 54.6 Å². The van der Waals surface area contributed by atoms with Crippen LogP contribution in [0.4, 0.5) is 11.4 Å². The summed E-state index contributed by atoms with van der Waals surface area (Å²) in [6.45, 7) is -0.0302. The highest BCUT2D eigenvalue weighted by molar-refractivity contribution is 7.91. The number of hydrogen-bond donors (Lipinski definition) is 2. The average molecular weight is 475 g/mol. The number of hydrogen-bond acceptors (Lipinski definition) is 7. The van der Waals surface area contributed by atoms with Crippen LogP contribution in [0, 0.1) is 0 Å². The molecule has 1 heterocycles. The SMILES string of the molecule is COc1ccc(S(=O)(=O)c2cc(Cl)ccc2NCC(=O)Nc2ccc3c(c2)OCO3)cc1. The van der Waals surface area contributed by atoms with Crippen molar-refractivity contribution in [2.75, 3.05) is 31.1 Å². The number of nitrogens with one attached hydrogen (secondary N) is 2. The second kappa shape index (κ2) is 8.97. The molecule has 0 saturated carbocycles. The second-order valence-electron chi connectivity index (χ2n) is 6.79. The Balaban J connectivity index is 1.51. The van der Waals surface area contributed by atoms with Crippen molar-refractivity contribution < 1.29 is 27.4 Å². The molecule has 0 bridgehead atoms. The minimum atomic E-state index is -3.90. The number of methoxy groups -OCH3 is 1. The molecular formula is C22H19ClN2O6S. The van der Waals surface area contributed by atoms with Gasteiger partial charge in [0.15, 0.2) is 11.5 Å². The number of amides is 1. The zero-order valence-corrected chi connectivity index (χ0v) is 18.5. The number of sulfone groups is 1. The number of carbonyl (C=O) groups excluding carboxylic acids is 1. The van der Waals surface area contributed by atoms with E-state index in [0.29, 0.717) is 22.9 Å². The fourth-order valence-corrected chi connectivity index (χ4v) is 4.80. The molecule has 0 atom stereocenters. The maximum absolute atomic E-state index is 13.2. The monoisotopic (exact) mass is 474 g/mol. The van der Waals surface area contributed by atoms with Crippen LogP contribution in [-0.4, -0.2) is 34.8 Å². The number of ether oxygens (including phenoxy) is 3. The molecule has 8 nitrogen and oxygen atoms in total. The van der Waals surface area contributed by atoms with Gasteiger partial charge in [0, 0.05) is 16.8 Å². The van der Waals surface area contributed by atoms with Crippen molar-refractivity contribution in [1.82, 2.24) is 0 Å². The minimum Gasteiger partial charge on any atom is -0.497 e. The minimum absolute atomic E-state index is 0.0361. The van der Waals surface area contributed by atoms with E-state index >= 15 is 0 Å². The number of anilines is 2. The zero-order valence-electron chi connectivity index (χ0n) is 16.9. The van der Waals surface area contributed by atoms with E-state index in [4.69, 9.17) is 25.8 Å². The summed E-state index contributed by atoms with van der Waals surface area (Å²) in [5, 5.41) is 5.87. The summed E-state index contributed by atoms with van der Waals surface area (Å²) in [6.07, 6.45) is 0. The van der Waals surface area contributed by atoms with E-state index in [1.807, 2.05) is 0 Å². The topological polar surface area (TPSA) is 103 Å². The maximum atomic E-state index is 13.2. The summed E-state index contributed by atoms with van der Waals surface area (Å²) in [6, 6.07) is 15.5. The van der Waals surface area contributed by atoms with Gasteiger partial charge in [0.25, 0.3) is 0 Å². The Morgan fingerprint density at radius 3 is 2.53 bits per heavy atom. The van der Waals surface area contributed by atoms with Gasteiger partial charge in [0.2, 0.25) is 22.5 Å². The van der Waals surface area contributed by atoms with Crippen molar-refractivity contribution in [3.63, 3.8) is 0 Å². The third kappa shape index (κ3) is 4.58. The van der Waals surface area contributed by atoms with Crippen LogP contribution in [-0.2, 0) is 14.6 Å². The highest BCUT2D eigenvalue weighted by atomic mass is 35.5. The molecule has 0 spiro atoms. The molecule has 166 valence electrons. The summed E-state index contributed by atoms with van der Waals surface area (Å²) in [4.78, 5) is 12.5. The summed E-state index contributed by atoms with van der Waals surface area (Å²) < 4.78 is 42.0. The first-order chi connectivity index (χ1) is 15.4. The van der Waals surface area contributed by atoms with Crippen LogP contribution in [0.1, 0.15) is 0 Å². The van der Waals surface area contributed by atoms with E-state index in [1.54, 1.807) is 36.4 Å². The van der Waals surface area contributed by atoms with Crippen LogP contribution in [0.2, 0.25) is 5.02 Å². The highest BCUT2D eigenvalue weighted by Gasteiger charge is 2.22. The van der Waals surface area contributed by atoms with Crippen LogP contribution in [0.15, 0.2) is 70.5 Å². The van der Waals surface area contributed by atoms with Crippen molar-refractivity contribution in [2.24, 2.45) is 0 Å². The largest absolute Gasteiger partial charge is 0.497 e. The Labute approximate surface area is 190 Å². The molecule has 1 amide bonds. The van der Waals surface area contributed by atoms with Crippen LogP contribution in [0.25, 0.3) is 0 Å². The molecule has 3 aromatic rings. The first-order valence-electron chi connectivity index (χ1n) is 9.49. The second-order valence-corrected chi connectivity index (χ2v) is 9.14. The Morgan fingerprint density at radius 2 is 1.78 bits per heavy atom. The van der Waals surface area contributed by atoms with Crippen LogP contribution in [0.3, 0.4) is 0 Å². The molecule has 4 rings (SSSR count). The van der Waals surface area contributed by atoms with E-state index in [1.165, 1.54) is 31.4 Å². The van der Waals surface area contributed by atoms with E-state index < -0.39 is 9.84 Å². The average Bonchev–Trinajstić information content (AvgIpc) is 3.26. The van der Waals surface area contributed by atoms with Crippen LogP contribution in [0.5, 0.6) is 17.2 Å². The van der Waals surface area contributed by atoms with E-state index in [2.05, 4.69) is 10.6 Å². The number of rotatable bonds is 7. The number of halogens is 1. The third-order valence-electron chi connectivity index (χ3n) is 4.70. The van der Waals surface area contributed by atoms with E-state index in [-0.39, 0.29) is 39.7 Å². The van der Waals surface area contributed by atoms with Gasteiger partial charge in [0.05, 0.1) is 29.1 Å². The fraction of sp³-hybridized carbons (Fsp3) is 0.136. The Hall–Kier alpha value is -3.43. The van der Waals surface area contributed by atoms with Gasteiger partial charge >= 0.3 is 0 Å². The normalized spacial score (nSPS) is 12.3. The van der Waals surface area contributed by atoms with Gasteiger partial charge in [-0.15, -0.1) is 0 Å². The van der Waals surface area contributed by atoms with Gasteiger partial charge in [-0.2, -0.15) is 0 Å². The van der Waals surface area contributed by atoms with E-state index in [9.17, 15) is 13.2 Å². The highest BCUT2D eigenvalue weighted by Crippen LogP contribution is 2.34. The summed E-state index contributed by atoms with van der Waals surface area (Å²) >= 11 is 6.06. The molecule has 1 aliphatic rings. The Bertz CT molecular complexity index is 1260. The maximum Gasteiger partial charge on any atom is 0.243 e. The molecular weight excluding hydrogens is 456 g/mol. The molecule has 0 radical (unpaired) electrons. The van der Waals surface area contributed by atoms with Crippen molar-refractivity contribution in [3.8, 4) is 17.2 Å². The lowest BCUT2D eigenvalue weighted by Crippen LogP contribution is -2.22. The Kier molecular flexibility index (Phi) is 6.11. The van der Waals surface area contributed by atoms with Gasteiger partial charge in [-0.1, -0.05) is 11.6 Å². The molecule has 0 fully saturated rings. The quantitative estimate of drug-likeness (QED) is 0.534. The van der Waals surface area contributed by atoms with Gasteiger partial charge < -0.3 is 24.8 Å². The Morgan fingerprint density at radius 1 is 1.03 bits per heavy atom. The lowest BCUT2D eigenvalue weighted by atomic mass is 10.2. The zero-order chi connectivity index (χ0) is 22.7.